The molecule has 1 aromatic rings. The Morgan fingerprint density at radius 3 is 2.74 bits per heavy atom. The Morgan fingerprint density at radius 1 is 1.53 bits per heavy atom. The van der Waals surface area contributed by atoms with E-state index in [9.17, 15) is 10.1 Å². The molecule has 0 radical (unpaired) electrons. The van der Waals surface area contributed by atoms with Crippen LogP contribution in [0.5, 0.6) is 5.75 Å². The first-order valence-corrected chi connectivity index (χ1v) is 6.32. The maximum Gasteiger partial charge on any atom is 0.406 e. The van der Waals surface area contributed by atoms with Gasteiger partial charge in [-0.15, -0.1) is 0 Å². The molecule has 0 aliphatic heterocycles. The van der Waals surface area contributed by atoms with Gasteiger partial charge in [-0.3, -0.25) is 0 Å². The molecule has 1 aliphatic carbocycles. The first kappa shape index (κ1) is 13.7. The minimum absolute atomic E-state index is 0.0341. The maximum absolute atomic E-state index is 11.0. The molecular weight excluding hydrogens is 246 g/mol. The Kier molecular flexibility index (Phi) is 3.45. The molecule has 2 rings (SSSR count). The fraction of sp³-hybridized carbons (Fsp3) is 0.615. The number of hydrogen-bond donors (Lipinski definition) is 1. The summed E-state index contributed by atoms with van der Waals surface area (Å²) in [6.45, 7) is 5.91. The highest BCUT2D eigenvalue weighted by molar-refractivity contribution is 5.40. The molecule has 1 heterocycles. The molecule has 104 valence electrons. The average molecular weight is 265 g/mol. The van der Waals surface area contributed by atoms with Crippen LogP contribution in [0.3, 0.4) is 0 Å². The predicted octanol–water partition coefficient (Wildman–Crippen LogP) is 2.06. The van der Waals surface area contributed by atoms with Crippen molar-refractivity contribution in [3.63, 3.8) is 0 Å². The lowest BCUT2D eigenvalue weighted by molar-refractivity contribution is -0.391. The van der Waals surface area contributed by atoms with Crippen LogP contribution >= 0.6 is 0 Å². The number of pyridine rings is 1. The molecule has 1 saturated carbocycles. The third kappa shape index (κ3) is 2.40. The summed E-state index contributed by atoms with van der Waals surface area (Å²) < 4.78 is 5.80. The van der Waals surface area contributed by atoms with Crippen LogP contribution in [-0.4, -0.2) is 29.1 Å². The number of aryl methyl sites for hydroxylation is 1. The van der Waals surface area contributed by atoms with Gasteiger partial charge in [0.15, 0.2) is 0 Å². The zero-order valence-corrected chi connectivity index (χ0v) is 11.6. The standard InChI is InChI=1S/C13H19N3O3/c1-8-5-6-9(12(15-8)16(17)18)19-11-7-10(14-4)13(11,2)3/h5-6,10-11,14H,7H2,1-4H3. The molecule has 0 spiro atoms. The van der Waals surface area contributed by atoms with E-state index < -0.39 is 4.92 Å². The summed E-state index contributed by atoms with van der Waals surface area (Å²) in [6, 6.07) is 3.72. The van der Waals surface area contributed by atoms with Crippen molar-refractivity contribution in [3.8, 4) is 5.75 Å². The Bertz CT molecular complexity index is 502. The van der Waals surface area contributed by atoms with E-state index in [1.165, 1.54) is 0 Å². The van der Waals surface area contributed by atoms with Gasteiger partial charge >= 0.3 is 5.82 Å². The molecule has 1 aliphatic rings. The highest BCUT2D eigenvalue weighted by atomic mass is 16.6. The Labute approximate surface area is 112 Å². The topological polar surface area (TPSA) is 77.3 Å². The summed E-state index contributed by atoms with van der Waals surface area (Å²) in [7, 11) is 1.92. The van der Waals surface area contributed by atoms with Crippen LogP contribution in [0.25, 0.3) is 0 Å². The Balaban J connectivity index is 2.19. The minimum atomic E-state index is -0.496. The van der Waals surface area contributed by atoms with Gasteiger partial charge in [-0.05, 0) is 29.1 Å². The van der Waals surface area contributed by atoms with E-state index in [1.54, 1.807) is 19.1 Å². The average Bonchev–Trinajstić information content (AvgIpc) is 2.35. The second-order valence-electron chi connectivity index (χ2n) is 5.54. The van der Waals surface area contributed by atoms with Crippen molar-refractivity contribution in [3.05, 3.63) is 27.9 Å². The van der Waals surface area contributed by atoms with E-state index in [-0.39, 0.29) is 23.1 Å². The lowest BCUT2D eigenvalue weighted by Gasteiger charge is -2.51. The molecule has 2 unspecified atom stereocenters. The third-order valence-corrected chi connectivity index (χ3v) is 3.95. The second-order valence-corrected chi connectivity index (χ2v) is 5.54. The van der Waals surface area contributed by atoms with Gasteiger partial charge in [-0.2, -0.15) is 0 Å². The third-order valence-electron chi connectivity index (χ3n) is 3.95. The van der Waals surface area contributed by atoms with Crippen molar-refractivity contribution < 1.29 is 9.66 Å². The first-order valence-electron chi connectivity index (χ1n) is 6.32. The first-order chi connectivity index (χ1) is 8.86. The SMILES string of the molecule is CNC1CC(Oc2ccc(C)nc2[N+](=O)[O-])C1(C)C. The van der Waals surface area contributed by atoms with Crippen LogP contribution in [-0.2, 0) is 0 Å². The van der Waals surface area contributed by atoms with Gasteiger partial charge in [0.05, 0.1) is 0 Å². The van der Waals surface area contributed by atoms with Gasteiger partial charge in [0.1, 0.15) is 11.8 Å². The van der Waals surface area contributed by atoms with Crippen LogP contribution in [0.1, 0.15) is 26.0 Å². The monoisotopic (exact) mass is 265 g/mol. The number of nitrogens with zero attached hydrogens (tertiary/aromatic N) is 2. The Hall–Kier alpha value is -1.69. The maximum atomic E-state index is 11.0. The second kappa shape index (κ2) is 4.77. The summed E-state index contributed by atoms with van der Waals surface area (Å²) >= 11 is 0. The van der Waals surface area contributed by atoms with Crippen LogP contribution < -0.4 is 10.1 Å². The van der Waals surface area contributed by atoms with E-state index in [0.717, 1.165) is 6.42 Å². The van der Waals surface area contributed by atoms with Crippen LogP contribution in [0.15, 0.2) is 12.1 Å². The summed E-state index contributed by atoms with van der Waals surface area (Å²) in [5.74, 6) is 0.0481. The van der Waals surface area contributed by atoms with Crippen LogP contribution in [0.2, 0.25) is 0 Å². The number of rotatable bonds is 4. The van der Waals surface area contributed by atoms with E-state index in [4.69, 9.17) is 4.74 Å². The van der Waals surface area contributed by atoms with Gasteiger partial charge < -0.3 is 20.2 Å². The van der Waals surface area contributed by atoms with E-state index in [0.29, 0.717) is 11.7 Å². The van der Waals surface area contributed by atoms with Gasteiger partial charge in [0.2, 0.25) is 5.75 Å². The number of nitrogens with one attached hydrogen (secondary N) is 1. The molecule has 2 atom stereocenters. The molecule has 1 aromatic heterocycles. The molecular formula is C13H19N3O3. The number of nitro groups is 1. The zero-order valence-electron chi connectivity index (χ0n) is 11.6. The van der Waals surface area contributed by atoms with Crippen LogP contribution in [0.4, 0.5) is 5.82 Å². The minimum Gasteiger partial charge on any atom is -0.482 e. The zero-order chi connectivity index (χ0) is 14.2. The fourth-order valence-corrected chi connectivity index (χ4v) is 2.48. The predicted molar refractivity (Wildman–Crippen MR) is 71.3 cm³/mol. The molecule has 0 aromatic carbocycles. The molecule has 0 bridgehead atoms. The number of hydrogen-bond acceptors (Lipinski definition) is 5. The molecule has 19 heavy (non-hydrogen) atoms. The van der Waals surface area contributed by atoms with Crippen molar-refractivity contribution in [1.29, 1.82) is 0 Å². The van der Waals surface area contributed by atoms with Crippen molar-refractivity contribution in [1.82, 2.24) is 10.3 Å². The largest absolute Gasteiger partial charge is 0.482 e. The number of aromatic nitrogens is 1. The van der Waals surface area contributed by atoms with Crippen molar-refractivity contribution in [2.45, 2.75) is 39.3 Å². The molecule has 1 N–H and O–H groups in total. The van der Waals surface area contributed by atoms with E-state index in [1.807, 2.05) is 7.05 Å². The molecule has 0 saturated heterocycles. The fourth-order valence-electron chi connectivity index (χ4n) is 2.48. The summed E-state index contributed by atoms with van der Waals surface area (Å²) in [4.78, 5) is 14.4. The van der Waals surface area contributed by atoms with Gasteiger partial charge in [0.25, 0.3) is 0 Å². The highest BCUT2D eigenvalue weighted by Gasteiger charge is 2.49. The van der Waals surface area contributed by atoms with Crippen molar-refractivity contribution in [2.24, 2.45) is 5.41 Å². The lowest BCUT2D eigenvalue weighted by Crippen LogP contribution is -2.61. The highest BCUT2D eigenvalue weighted by Crippen LogP contribution is 2.43. The Morgan fingerprint density at radius 2 is 2.21 bits per heavy atom. The van der Waals surface area contributed by atoms with E-state index >= 15 is 0 Å². The van der Waals surface area contributed by atoms with Gasteiger partial charge in [-0.1, -0.05) is 13.8 Å². The van der Waals surface area contributed by atoms with Crippen LogP contribution in [0, 0.1) is 22.5 Å². The van der Waals surface area contributed by atoms with E-state index in [2.05, 4.69) is 24.1 Å². The molecule has 6 heteroatoms. The molecule has 0 amide bonds. The normalized spacial score (nSPS) is 24.6. The molecule has 1 fully saturated rings. The van der Waals surface area contributed by atoms with Crippen molar-refractivity contribution in [2.75, 3.05) is 7.05 Å². The summed E-state index contributed by atoms with van der Waals surface area (Å²) in [5.41, 5.74) is 0.563. The number of ether oxygens (including phenoxy) is 1. The summed E-state index contributed by atoms with van der Waals surface area (Å²) in [5, 5.41) is 14.2. The van der Waals surface area contributed by atoms with Gasteiger partial charge in [0, 0.05) is 24.8 Å². The quantitative estimate of drug-likeness (QED) is 0.666. The van der Waals surface area contributed by atoms with Crippen molar-refractivity contribution >= 4 is 5.82 Å². The molecule has 6 nitrogen and oxygen atoms in total. The summed E-state index contributed by atoms with van der Waals surface area (Å²) in [6.07, 6.45) is 0.808. The van der Waals surface area contributed by atoms with Gasteiger partial charge in [-0.25, -0.2) is 0 Å². The lowest BCUT2D eigenvalue weighted by atomic mass is 9.64. The smallest absolute Gasteiger partial charge is 0.406 e.